The number of aliphatic hydroxyl groups excluding tert-OH is 1. The van der Waals surface area contributed by atoms with Crippen LogP contribution in [0.4, 0.5) is 0 Å². The first-order chi connectivity index (χ1) is 7.28. The second-order valence-electron chi connectivity index (χ2n) is 3.85. The van der Waals surface area contributed by atoms with Crippen LogP contribution in [-0.2, 0) is 6.54 Å². The summed E-state index contributed by atoms with van der Waals surface area (Å²) in [6.07, 6.45) is 0.694. The number of aromatic nitrogens is 1. The molecule has 2 rings (SSSR count). The number of nitrogens with zero attached hydrogens (tertiary/aromatic N) is 2. The van der Waals surface area contributed by atoms with Crippen molar-refractivity contribution in [3.8, 4) is 5.88 Å². The SMILES string of the molecule is COc1cccc(CN2CCC(O)C2)n1. The third kappa shape index (κ3) is 2.67. The average Bonchev–Trinajstić information content (AvgIpc) is 2.64. The first-order valence-electron chi connectivity index (χ1n) is 5.18. The molecule has 0 bridgehead atoms. The maximum atomic E-state index is 9.39. The van der Waals surface area contributed by atoms with Gasteiger partial charge in [-0.25, -0.2) is 4.98 Å². The van der Waals surface area contributed by atoms with Crippen molar-refractivity contribution in [2.75, 3.05) is 20.2 Å². The molecular weight excluding hydrogens is 192 g/mol. The third-order valence-electron chi connectivity index (χ3n) is 2.62. The van der Waals surface area contributed by atoms with Crippen LogP contribution in [0, 0.1) is 0 Å². The topological polar surface area (TPSA) is 45.6 Å². The van der Waals surface area contributed by atoms with Gasteiger partial charge in [-0.05, 0) is 12.5 Å². The van der Waals surface area contributed by atoms with E-state index in [9.17, 15) is 5.11 Å². The van der Waals surface area contributed by atoms with E-state index in [0.717, 1.165) is 31.7 Å². The monoisotopic (exact) mass is 208 g/mol. The predicted molar refractivity (Wildman–Crippen MR) is 56.7 cm³/mol. The lowest BCUT2D eigenvalue weighted by Crippen LogP contribution is -2.22. The zero-order valence-corrected chi connectivity index (χ0v) is 8.89. The number of hydrogen-bond donors (Lipinski definition) is 1. The average molecular weight is 208 g/mol. The van der Waals surface area contributed by atoms with Gasteiger partial charge in [-0.15, -0.1) is 0 Å². The van der Waals surface area contributed by atoms with Gasteiger partial charge in [0.1, 0.15) is 0 Å². The molecule has 0 saturated carbocycles. The molecule has 82 valence electrons. The lowest BCUT2D eigenvalue weighted by molar-refractivity contribution is 0.174. The van der Waals surface area contributed by atoms with Crippen LogP contribution in [0.2, 0.25) is 0 Å². The van der Waals surface area contributed by atoms with Crippen molar-refractivity contribution in [1.29, 1.82) is 0 Å². The van der Waals surface area contributed by atoms with Gasteiger partial charge in [0.15, 0.2) is 0 Å². The molecule has 0 spiro atoms. The smallest absolute Gasteiger partial charge is 0.213 e. The van der Waals surface area contributed by atoms with E-state index < -0.39 is 0 Å². The zero-order chi connectivity index (χ0) is 10.7. The molecule has 4 heteroatoms. The van der Waals surface area contributed by atoms with Crippen LogP contribution in [-0.4, -0.2) is 41.3 Å². The van der Waals surface area contributed by atoms with E-state index in [2.05, 4.69) is 9.88 Å². The van der Waals surface area contributed by atoms with E-state index in [-0.39, 0.29) is 6.10 Å². The highest BCUT2D eigenvalue weighted by atomic mass is 16.5. The van der Waals surface area contributed by atoms with Gasteiger partial charge >= 0.3 is 0 Å². The summed E-state index contributed by atoms with van der Waals surface area (Å²) in [6.45, 7) is 2.48. The normalized spacial score (nSPS) is 21.9. The lowest BCUT2D eigenvalue weighted by Gasteiger charge is -2.14. The van der Waals surface area contributed by atoms with Crippen LogP contribution in [0.3, 0.4) is 0 Å². The third-order valence-corrected chi connectivity index (χ3v) is 2.62. The van der Waals surface area contributed by atoms with Gasteiger partial charge < -0.3 is 9.84 Å². The molecule has 1 aromatic heterocycles. The van der Waals surface area contributed by atoms with Crippen LogP contribution in [0.5, 0.6) is 5.88 Å². The van der Waals surface area contributed by atoms with E-state index in [1.165, 1.54) is 0 Å². The number of likely N-dealkylation sites (tertiary alicyclic amines) is 1. The summed E-state index contributed by atoms with van der Waals surface area (Å²) < 4.78 is 5.06. The van der Waals surface area contributed by atoms with Gasteiger partial charge in [0.2, 0.25) is 5.88 Å². The molecule has 1 aliphatic heterocycles. The highest BCUT2D eigenvalue weighted by molar-refractivity contribution is 5.15. The molecule has 4 nitrogen and oxygen atoms in total. The Hall–Kier alpha value is -1.13. The number of pyridine rings is 1. The van der Waals surface area contributed by atoms with Crippen molar-refractivity contribution in [1.82, 2.24) is 9.88 Å². The molecule has 2 heterocycles. The highest BCUT2D eigenvalue weighted by Crippen LogP contribution is 2.14. The highest BCUT2D eigenvalue weighted by Gasteiger charge is 2.20. The van der Waals surface area contributed by atoms with Gasteiger partial charge in [0, 0.05) is 25.7 Å². The van der Waals surface area contributed by atoms with Gasteiger partial charge in [-0.1, -0.05) is 6.07 Å². The fraction of sp³-hybridized carbons (Fsp3) is 0.545. The summed E-state index contributed by atoms with van der Waals surface area (Å²) in [5.74, 6) is 0.646. The summed E-state index contributed by atoms with van der Waals surface area (Å²) >= 11 is 0. The van der Waals surface area contributed by atoms with Gasteiger partial charge in [-0.3, -0.25) is 4.90 Å². The first-order valence-corrected chi connectivity index (χ1v) is 5.18. The number of rotatable bonds is 3. The largest absolute Gasteiger partial charge is 0.481 e. The summed E-state index contributed by atoms with van der Waals surface area (Å²) in [7, 11) is 1.62. The van der Waals surface area contributed by atoms with Crippen molar-refractivity contribution in [2.24, 2.45) is 0 Å². The predicted octanol–water partition coefficient (Wildman–Crippen LogP) is 0.657. The van der Waals surface area contributed by atoms with Crippen LogP contribution in [0.15, 0.2) is 18.2 Å². The quantitative estimate of drug-likeness (QED) is 0.792. The van der Waals surface area contributed by atoms with Crippen LogP contribution >= 0.6 is 0 Å². The first kappa shape index (κ1) is 10.4. The minimum absolute atomic E-state index is 0.171. The summed E-state index contributed by atoms with van der Waals surface area (Å²) in [4.78, 5) is 6.54. The molecule has 1 saturated heterocycles. The van der Waals surface area contributed by atoms with E-state index >= 15 is 0 Å². The van der Waals surface area contributed by atoms with Crippen molar-refractivity contribution >= 4 is 0 Å². The maximum absolute atomic E-state index is 9.39. The zero-order valence-electron chi connectivity index (χ0n) is 8.89. The fourth-order valence-corrected chi connectivity index (χ4v) is 1.84. The Kier molecular flexibility index (Phi) is 3.18. The van der Waals surface area contributed by atoms with Crippen molar-refractivity contribution in [2.45, 2.75) is 19.1 Å². The van der Waals surface area contributed by atoms with Crippen molar-refractivity contribution in [3.63, 3.8) is 0 Å². The van der Waals surface area contributed by atoms with E-state index in [1.807, 2.05) is 18.2 Å². The van der Waals surface area contributed by atoms with E-state index in [0.29, 0.717) is 5.88 Å². The second-order valence-corrected chi connectivity index (χ2v) is 3.85. The molecule has 1 fully saturated rings. The molecule has 1 N–H and O–H groups in total. The van der Waals surface area contributed by atoms with Crippen LogP contribution < -0.4 is 4.74 Å². The molecular formula is C11H16N2O2. The molecule has 15 heavy (non-hydrogen) atoms. The standard InChI is InChI=1S/C11H16N2O2/c1-15-11-4-2-3-9(12-11)7-13-6-5-10(14)8-13/h2-4,10,14H,5-8H2,1H3. The molecule has 1 unspecified atom stereocenters. The number of methoxy groups -OCH3 is 1. The van der Waals surface area contributed by atoms with E-state index in [4.69, 9.17) is 4.74 Å². The number of ether oxygens (including phenoxy) is 1. The maximum Gasteiger partial charge on any atom is 0.213 e. The number of β-amino-alcohol motifs (C(OH)–C–C–N with tert-alkyl or cyclic N) is 1. The van der Waals surface area contributed by atoms with Crippen LogP contribution in [0.25, 0.3) is 0 Å². The Bertz CT molecular complexity index is 330. The fourth-order valence-electron chi connectivity index (χ4n) is 1.84. The number of aliphatic hydroxyl groups is 1. The molecule has 1 aliphatic rings. The Morgan fingerprint density at radius 2 is 2.47 bits per heavy atom. The molecule has 0 amide bonds. The van der Waals surface area contributed by atoms with Crippen molar-refractivity contribution < 1.29 is 9.84 Å². The minimum atomic E-state index is -0.171. The Labute approximate surface area is 89.5 Å². The van der Waals surface area contributed by atoms with Crippen molar-refractivity contribution in [3.05, 3.63) is 23.9 Å². The second kappa shape index (κ2) is 4.59. The van der Waals surface area contributed by atoms with Gasteiger partial charge in [0.05, 0.1) is 18.9 Å². The van der Waals surface area contributed by atoms with Gasteiger partial charge in [0.25, 0.3) is 0 Å². The van der Waals surface area contributed by atoms with E-state index in [1.54, 1.807) is 7.11 Å². The molecule has 1 atom stereocenters. The van der Waals surface area contributed by atoms with Crippen LogP contribution in [0.1, 0.15) is 12.1 Å². The summed E-state index contributed by atoms with van der Waals surface area (Å²) in [5, 5.41) is 9.39. The minimum Gasteiger partial charge on any atom is -0.481 e. The molecule has 1 aromatic rings. The molecule has 0 aromatic carbocycles. The summed E-state index contributed by atoms with van der Waals surface area (Å²) in [6, 6.07) is 5.75. The lowest BCUT2D eigenvalue weighted by atomic mass is 10.3. The Morgan fingerprint density at radius 1 is 1.60 bits per heavy atom. The molecule has 0 aliphatic carbocycles. The van der Waals surface area contributed by atoms with Gasteiger partial charge in [-0.2, -0.15) is 0 Å². The summed E-state index contributed by atoms with van der Waals surface area (Å²) in [5.41, 5.74) is 0.989. The number of hydrogen-bond acceptors (Lipinski definition) is 4. The molecule has 0 radical (unpaired) electrons. The Balaban J connectivity index is 1.98. The Morgan fingerprint density at radius 3 is 3.13 bits per heavy atom.